The molecule has 1 saturated heterocycles. The van der Waals surface area contributed by atoms with Crippen LogP contribution in [0.25, 0.3) is 0 Å². The number of carbonyl (C=O) groups is 1. The molecule has 8 nitrogen and oxygen atoms in total. The van der Waals surface area contributed by atoms with E-state index in [1.165, 1.54) is 17.5 Å². The van der Waals surface area contributed by atoms with E-state index in [1.807, 2.05) is 20.8 Å². The van der Waals surface area contributed by atoms with Gasteiger partial charge >= 0.3 is 0 Å². The molecule has 0 bridgehead atoms. The highest BCUT2D eigenvalue weighted by molar-refractivity contribution is 7.92. The molecule has 5 atom stereocenters. The van der Waals surface area contributed by atoms with Gasteiger partial charge in [-0.05, 0) is 44.4 Å². The molecular weight excluding hydrogens is 426 g/mol. The monoisotopic (exact) mass is 457 g/mol. The molecule has 168 valence electrons. The predicted octanol–water partition coefficient (Wildman–Crippen LogP) is 2.61. The molecule has 30 heavy (non-hydrogen) atoms. The fraction of sp³-hybridized carbons (Fsp3) is 0.750. The second-order valence-electron chi connectivity index (χ2n) is 8.94. The van der Waals surface area contributed by atoms with Gasteiger partial charge in [-0.25, -0.2) is 13.4 Å². The number of nitrogens with zero attached hydrogens (tertiary/aromatic N) is 3. The van der Waals surface area contributed by atoms with Crippen LogP contribution in [0.15, 0.2) is 12.3 Å². The van der Waals surface area contributed by atoms with Crippen LogP contribution in [0.5, 0.6) is 0 Å². The normalized spacial score (nSPS) is 27.9. The molecule has 1 aromatic rings. The van der Waals surface area contributed by atoms with Crippen molar-refractivity contribution in [1.82, 2.24) is 15.3 Å². The van der Waals surface area contributed by atoms with E-state index >= 15 is 0 Å². The number of sulfonamides is 1. The van der Waals surface area contributed by atoms with Gasteiger partial charge in [0.05, 0.1) is 11.7 Å². The largest absolute Gasteiger partial charge is 0.353 e. The van der Waals surface area contributed by atoms with Gasteiger partial charge in [0.1, 0.15) is 5.82 Å². The number of fused-ring (bicyclic) bond motifs is 1. The molecule has 2 heterocycles. The van der Waals surface area contributed by atoms with Crippen LogP contribution in [0.1, 0.15) is 46.5 Å². The van der Waals surface area contributed by atoms with Crippen LogP contribution in [0.4, 0.5) is 11.8 Å². The van der Waals surface area contributed by atoms with Crippen LogP contribution in [0.2, 0.25) is 0 Å². The van der Waals surface area contributed by atoms with Gasteiger partial charge in [0.25, 0.3) is 0 Å². The van der Waals surface area contributed by atoms with Crippen LogP contribution >= 0.6 is 11.6 Å². The Morgan fingerprint density at radius 1 is 1.30 bits per heavy atom. The first-order valence-corrected chi connectivity index (χ1v) is 12.6. The average molecular weight is 458 g/mol. The van der Waals surface area contributed by atoms with E-state index in [1.54, 1.807) is 6.07 Å². The SMILES string of the molecule is CC(C)CS(=O)(=O)N(C)c1ccnc(N[C@@H](C)C2CC3CC(Cl)CCC3NC2=O)n1. The maximum atomic E-state index is 12.7. The number of aromatic nitrogens is 2. The number of rotatable bonds is 7. The number of alkyl halides is 1. The molecule has 0 spiro atoms. The molecule has 0 radical (unpaired) electrons. The maximum Gasteiger partial charge on any atom is 0.236 e. The van der Waals surface area contributed by atoms with Crippen LogP contribution < -0.4 is 14.9 Å². The van der Waals surface area contributed by atoms with Gasteiger partial charge in [-0.3, -0.25) is 9.10 Å². The first-order chi connectivity index (χ1) is 14.1. The Bertz CT molecular complexity index is 866. The lowest BCUT2D eigenvalue weighted by atomic mass is 9.74. The first kappa shape index (κ1) is 23.1. The van der Waals surface area contributed by atoms with Crippen LogP contribution in [-0.2, 0) is 14.8 Å². The highest BCUT2D eigenvalue weighted by Crippen LogP contribution is 2.36. The van der Waals surface area contributed by atoms with Crippen LogP contribution in [0, 0.1) is 17.8 Å². The van der Waals surface area contributed by atoms with Gasteiger partial charge < -0.3 is 10.6 Å². The molecule has 10 heteroatoms. The second-order valence-corrected chi connectivity index (χ2v) is 11.6. The molecule has 1 aliphatic heterocycles. The molecule has 1 amide bonds. The number of amides is 1. The molecule has 2 aliphatic rings. The molecular formula is C20H32ClN5O3S. The van der Waals surface area contributed by atoms with Crippen molar-refractivity contribution < 1.29 is 13.2 Å². The summed E-state index contributed by atoms with van der Waals surface area (Å²) in [6.07, 6.45) is 5.09. The standard InChI is InChI=1S/C20H32ClN5O3S/c1-12(2)11-30(28,29)26(4)18-7-8-22-20(25-18)23-13(3)16-10-14-9-15(21)5-6-17(14)24-19(16)27/h7-8,12-17H,5-6,9-11H2,1-4H3,(H,24,27)(H,22,23,25)/t13-,14?,15?,16?,17?/m0/s1. The van der Waals surface area contributed by atoms with E-state index in [0.717, 1.165) is 25.7 Å². The molecule has 2 N–H and O–H groups in total. The Hall–Kier alpha value is -1.61. The van der Waals surface area contributed by atoms with Crippen molar-refractivity contribution >= 4 is 39.3 Å². The predicted molar refractivity (Wildman–Crippen MR) is 119 cm³/mol. The van der Waals surface area contributed by atoms with E-state index in [2.05, 4.69) is 20.6 Å². The molecule has 2 fully saturated rings. The summed E-state index contributed by atoms with van der Waals surface area (Å²) in [7, 11) is -1.97. The number of nitrogens with one attached hydrogen (secondary N) is 2. The summed E-state index contributed by atoms with van der Waals surface area (Å²) in [5.41, 5.74) is 0. The van der Waals surface area contributed by atoms with Crippen molar-refractivity contribution in [3.63, 3.8) is 0 Å². The zero-order valence-corrected chi connectivity index (χ0v) is 19.6. The number of anilines is 2. The Balaban J connectivity index is 1.69. The third-order valence-corrected chi connectivity index (χ3v) is 8.53. The molecule has 3 rings (SSSR count). The quantitative estimate of drug-likeness (QED) is 0.610. The van der Waals surface area contributed by atoms with Gasteiger partial charge in [0, 0.05) is 36.8 Å². The molecule has 1 aliphatic carbocycles. The Kier molecular flexibility index (Phi) is 7.12. The summed E-state index contributed by atoms with van der Waals surface area (Å²) in [6, 6.07) is 1.58. The zero-order chi connectivity index (χ0) is 22.1. The number of halogens is 1. The smallest absolute Gasteiger partial charge is 0.236 e. The lowest BCUT2D eigenvalue weighted by Crippen LogP contribution is -2.55. The van der Waals surface area contributed by atoms with Gasteiger partial charge in [-0.1, -0.05) is 13.8 Å². The highest BCUT2D eigenvalue weighted by atomic mass is 35.5. The minimum Gasteiger partial charge on any atom is -0.353 e. The molecule has 1 saturated carbocycles. The van der Waals surface area contributed by atoms with Crippen LogP contribution in [0.3, 0.4) is 0 Å². The summed E-state index contributed by atoms with van der Waals surface area (Å²) in [4.78, 5) is 21.3. The first-order valence-electron chi connectivity index (χ1n) is 10.6. The molecule has 1 aromatic heterocycles. The fourth-order valence-corrected chi connectivity index (χ4v) is 6.19. The van der Waals surface area contributed by atoms with E-state index < -0.39 is 10.0 Å². The van der Waals surface area contributed by atoms with Crippen molar-refractivity contribution in [2.75, 3.05) is 22.4 Å². The lowest BCUT2D eigenvalue weighted by Gasteiger charge is -2.42. The lowest BCUT2D eigenvalue weighted by molar-refractivity contribution is -0.130. The summed E-state index contributed by atoms with van der Waals surface area (Å²) >= 11 is 6.34. The summed E-state index contributed by atoms with van der Waals surface area (Å²) in [6.45, 7) is 5.65. The van der Waals surface area contributed by atoms with Crippen molar-refractivity contribution in [3.05, 3.63) is 12.3 Å². The van der Waals surface area contributed by atoms with E-state index in [9.17, 15) is 13.2 Å². The third kappa shape index (κ3) is 5.35. The van der Waals surface area contributed by atoms with Gasteiger partial charge in [0.2, 0.25) is 21.9 Å². The summed E-state index contributed by atoms with van der Waals surface area (Å²) < 4.78 is 26.2. The minimum absolute atomic E-state index is 0.0120. The highest BCUT2D eigenvalue weighted by Gasteiger charge is 2.41. The number of carbonyl (C=O) groups excluding carboxylic acids is 1. The molecule has 0 aromatic carbocycles. The molecule has 4 unspecified atom stereocenters. The van der Waals surface area contributed by atoms with Crippen molar-refractivity contribution in [3.8, 4) is 0 Å². The number of piperidine rings is 1. The Morgan fingerprint density at radius 3 is 2.73 bits per heavy atom. The van der Waals surface area contributed by atoms with Gasteiger partial charge in [-0.15, -0.1) is 11.6 Å². The van der Waals surface area contributed by atoms with Crippen LogP contribution in [-0.4, -0.2) is 54.6 Å². The number of hydrogen-bond acceptors (Lipinski definition) is 6. The topological polar surface area (TPSA) is 104 Å². The van der Waals surface area contributed by atoms with Gasteiger partial charge in [0.15, 0.2) is 0 Å². The summed E-state index contributed by atoms with van der Waals surface area (Å²) in [5, 5.41) is 6.53. The zero-order valence-electron chi connectivity index (χ0n) is 18.0. The van der Waals surface area contributed by atoms with E-state index in [-0.39, 0.29) is 41.0 Å². The van der Waals surface area contributed by atoms with Crippen molar-refractivity contribution in [2.24, 2.45) is 17.8 Å². The maximum absolute atomic E-state index is 12.7. The Labute approximate surface area is 184 Å². The second kappa shape index (κ2) is 9.26. The van der Waals surface area contributed by atoms with E-state index in [4.69, 9.17) is 11.6 Å². The van der Waals surface area contributed by atoms with Gasteiger partial charge in [-0.2, -0.15) is 4.98 Å². The van der Waals surface area contributed by atoms with Crippen molar-refractivity contribution in [1.29, 1.82) is 0 Å². The number of hydrogen-bond donors (Lipinski definition) is 2. The minimum atomic E-state index is -3.47. The van der Waals surface area contributed by atoms with Crippen molar-refractivity contribution in [2.45, 2.75) is 63.9 Å². The fourth-order valence-electron chi connectivity index (χ4n) is 4.39. The summed E-state index contributed by atoms with van der Waals surface area (Å²) in [5.74, 6) is 0.857. The van der Waals surface area contributed by atoms with E-state index in [0.29, 0.717) is 17.7 Å². The third-order valence-electron chi connectivity index (χ3n) is 6.02. The average Bonchev–Trinajstić information content (AvgIpc) is 2.66. The Morgan fingerprint density at radius 2 is 2.03 bits per heavy atom.